The molecule has 4 aliphatic rings. The molecule has 1 atom stereocenters. The van der Waals surface area contributed by atoms with Crippen LogP contribution in [0.25, 0.3) is 0 Å². The molecule has 6 bridgehead atoms. The first-order chi connectivity index (χ1) is 22.4. The van der Waals surface area contributed by atoms with Gasteiger partial charge < -0.3 is 29.5 Å². The summed E-state index contributed by atoms with van der Waals surface area (Å²) in [4.78, 5) is 53.7. The van der Waals surface area contributed by atoms with Gasteiger partial charge in [-0.3, -0.25) is 14.4 Å². The zero-order chi connectivity index (χ0) is 32.0. The summed E-state index contributed by atoms with van der Waals surface area (Å²) in [5, 5.41) is 2.65. The molecule has 0 spiro atoms. The maximum atomic E-state index is 13.8. The van der Waals surface area contributed by atoms with Crippen LogP contribution in [0.1, 0.15) is 71.4 Å². The van der Waals surface area contributed by atoms with Gasteiger partial charge in [0.1, 0.15) is 18.1 Å². The Kier molecular flexibility index (Phi) is 9.65. The second-order valence-electron chi connectivity index (χ2n) is 12.1. The van der Waals surface area contributed by atoms with Crippen LogP contribution in [0.5, 0.6) is 11.5 Å². The first-order valence-electron chi connectivity index (χ1n) is 16.3. The average molecular weight is 627 g/mol. The number of piperidine rings is 1. The Morgan fingerprint density at radius 1 is 0.913 bits per heavy atom. The molecule has 46 heavy (non-hydrogen) atoms. The van der Waals surface area contributed by atoms with Crippen LogP contribution in [0.15, 0.2) is 48.7 Å². The van der Waals surface area contributed by atoms with E-state index in [0.717, 1.165) is 48.4 Å². The van der Waals surface area contributed by atoms with Crippen molar-refractivity contribution >= 4 is 23.7 Å². The summed E-state index contributed by atoms with van der Waals surface area (Å²) in [5.41, 5.74) is 4.21. The molecule has 4 aliphatic heterocycles. The van der Waals surface area contributed by atoms with Crippen molar-refractivity contribution in [2.24, 2.45) is 0 Å². The molecule has 2 aromatic carbocycles. The second kappa shape index (κ2) is 14.2. The van der Waals surface area contributed by atoms with E-state index in [0.29, 0.717) is 68.6 Å². The van der Waals surface area contributed by atoms with Crippen LogP contribution >= 0.6 is 0 Å². The molecule has 1 saturated heterocycles. The molecule has 3 amide bonds. The number of amides is 3. The lowest BCUT2D eigenvalue weighted by atomic mass is 9.87. The van der Waals surface area contributed by atoms with Crippen LogP contribution in [0.4, 0.5) is 5.95 Å². The quantitative estimate of drug-likeness (QED) is 0.466. The number of nitrogens with one attached hydrogen (secondary N) is 1. The van der Waals surface area contributed by atoms with E-state index in [2.05, 4.69) is 15.2 Å². The van der Waals surface area contributed by atoms with Crippen LogP contribution < -0.4 is 19.7 Å². The maximum absolute atomic E-state index is 13.8. The van der Waals surface area contributed by atoms with Gasteiger partial charge in [-0.15, -0.1) is 0 Å². The number of aromatic nitrogens is 2. The van der Waals surface area contributed by atoms with Gasteiger partial charge in [0.05, 0.1) is 37.0 Å². The minimum atomic E-state index is -0.324. The predicted molar refractivity (Wildman–Crippen MR) is 173 cm³/mol. The highest BCUT2D eigenvalue weighted by Crippen LogP contribution is 2.38. The highest BCUT2D eigenvalue weighted by Gasteiger charge is 2.33. The van der Waals surface area contributed by atoms with Crippen molar-refractivity contribution in [2.45, 2.75) is 52.0 Å². The molecule has 11 heteroatoms. The first-order valence-corrected chi connectivity index (χ1v) is 16.3. The van der Waals surface area contributed by atoms with Crippen molar-refractivity contribution in [3.05, 3.63) is 76.6 Å². The van der Waals surface area contributed by atoms with Crippen molar-refractivity contribution in [3.63, 3.8) is 0 Å². The van der Waals surface area contributed by atoms with Crippen LogP contribution in [0.2, 0.25) is 0 Å². The monoisotopic (exact) mass is 626 g/mol. The van der Waals surface area contributed by atoms with Gasteiger partial charge in [-0.05, 0) is 80.0 Å². The predicted octanol–water partition coefficient (Wildman–Crippen LogP) is 3.69. The molecule has 1 fully saturated rings. The summed E-state index contributed by atoms with van der Waals surface area (Å²) in [6.45, 7) is 7.22. The van der Waals surface area contributed by atoms with Crippen molar-refractivity contribution in [2.75, 3.05) is 57.4 Å². The fraction of sp³-hybridized carbons (Fsp3) is 0.457. The molecule has 1 aromatic heterocycles. The molecular weight excluding hydrogens is 584 g/mol. The Bertz CT molecular complexity index is 1590. The number of ether oxygens (including phenoxy) is 2. The smallest absolute Gasteiger partial charge is 0.257 e. The summed E-state index contributed by atoms with van der Waals surface area (Å²) in [7, 11) is 0. The SMILES string of the molecule is CC(=O)NCC(=O)N1CCc2cc3ccc2C1c1cccc(c1)OCCCN(C(=O)c1cnc(N2CCCCC2)nc1C)CCO3. The largest absolute Gasteiger partial charge is 0.494 e. The number of hydrogen-bond acceptors (Lipinski definition) is 8. The Morgan fingerprint density at radius 3 is 2.52 bits per heavy atom. The van der Waals surface area contributed by atoms with Gasteiger partial charge in [-0.1, -0.05) is 18.2 Å². The van der Waals surface area contributed by atoms with Crippen molar-refractivity contribution in [1.29, 1.82) is 0 Å². The Balaban J connectivity index is 1.23. The van der Waals surface area contributed by atoms with Gasteiger partial charge >= 0.3 is 0 Å². The second-order valence-corrected chi connectivity index (χ2v) is 12.1. The third kappa shape index (κ3) is 7.08. The third-order valence-electron chi connectivity index (χ3n) is 8.92. The van der Waals surface area contributed by atoms with E-state index in [9.17, 15) is 14.4 Å². The lowest BCUT2D eigenvalue weighted by Crippen LogP contribution is -2.45. The van der Waals surface area contributed by atoms with Gasteiger partial charge in [-0.2, -0.15) is 0 Å². The van der Waals surface area contributed by atoms with E-state index in [1.165, 1.54) is 13.3 Å². The number of benzene rings is 2. The fourth-order valence-corrected chi connectivity index (χ4v) is 6.51. The van der Waals surface area contributed by atoms with Crippen LogP contribution in [-0.2, 0) is 16.0 Å². The number of nitrogens with zero attached hydrogens (tertiary/aromatic N) is 5. The van der Waals surface area contributed by atoms with E-state index in [1.807, 2.05) is 54.3 Å². The summed E-state index contributed by atoms with van der Waals surface area (Å²) in [6, 6.07) is 13.5. The molecule has 1 N–H and O–H groups in total. The topological polar surface area (TPSA) is 117 Å². The van der Waals surface area contributed by atoms with Gasteiger partial charge in [0, 0.05) is 39.3 Å². The minimum Gasteiger partial charge on any atom is -0.494 e. The van der Waals surface area contributed by atoms with Crippen molar-refractivity contribution in [3.8, 4) is 11.5 Å². The number of anilines is 1. The first kappa shape index (κ1) is 31.3. The van der Waals surface area contributed by atoms with E-state index >= 15 is 0 Å². The Labute approximate surface area is 269 Å². The molecule has 0 saturated carbocycles. The normalized spacial score (nSPS) is 18.4. The van der Waals surface area contributed by atoms with Crippen LogP contribution in [0.3, 0.4) is 0 Å². The molecule has 3 aromatic rings. The van der Waals surface area contributed by atoms with Crippen LogP contribution in [-0.4, -0.2) is 90.0 Å². The molecule has 1 unspecified atom stereocenters. The third-order valence-corrected chi connectivity index (χ3v) is 8.92. The lowest BCUT2D eigenvalue weighted by Gasteiger charge is -2.38. The standard InChI is InChI=1S/C35H42N6O5/c1-24-31(22-37-35(38-24)40-13-4-3-5-14-40)34(44)39-15-7-18-45-28-9-6-8-27(21-28)33-30-11-10-29(46-19-17-39)20-26(30)12-16-41(33)32(43)23-36-25(2)42/h6,8-11,20-22,33H,3-5,7,12-19,23H2,1-2H3,(H,36,42). The Hall–Kier alpha value is -4.67. The molecule has 0 aliphatic carbocycles. The average Bonchev–Trinajstić information content (AvgIpc) is 3.07. The number of hydrogen-bond donors (Lipinski definition) is 1. The summed E-state index contributed by atoms with van der Waals surface area (Å²) < 4.78 is 12.4. The number of aryl methyl sites for hydroxylation is 1. The van der Waals surface area contributed by atoms with E-state index in [-0.39, 0.29) is 30.3 Å². The molecule has 0 radical (unpaired) electrons. The van der Waals surface area contributed by atoms with Crippen molar-refractivity contribution in [1.82, 2.24) is 25.1 Å². The molecule has 242 valence electrons. The van der Waals surface area contributed by atoms with Gasteiger partial charge in [0.25, 0.3) is 5.91 Å². The zero-order valence-electron chi connectivity index (χ0n) is 26.7. The van der Waals surface area contributed by atoms with Gasteiger partial charge in [0.2, 0.25) is 17.8 Å². The van der Waals surface area contributed by atoms with E-state index in [4.69, 9.17) is 14.5 Å². The lowest BCUT2D eigenvalue weighted by molar-refractivity contribution is -0.134. The minimum absolute atomic E-state index is 0.0536. The van der Waals surface area contributed by atoms with E-state index < -0.39 is 0 Å². The molecule has 5 heterocycles. The highest BCUT2D eigenvalue weighted by atomic mass is 16.5. The number of fused-ring (bicyclic) bond motifs is 8. The zero-order valence-corrected chi connectivity index (χ0v) is 26.7. The van der Waals surface area contributed by atoms with Crippen LogP contribution in [0, 0.1) is 6.92 Å². The molecule has 7 rings (SSSR count). The maximum Gasteiger partial charge on any atom is 0.257 e. The number of carbonyl (C=O) groups excluding carboxylic acids is 3. The van der Waals surface area contributed by atoms with E-state index in [1.54, 1.807) is 11.1 Å². The highest BCUT2D eigenvalue weighted by molar-refractivity contribution is 5.95. The summed E-state index contributed by atoms with van der Waals surface area (Å²) in [6.07, 6.45) is 6.43. The van der Waals surface area contributed by atoms with Crippen molar-refractivity contribution < 1.29 is 23.9 Å². The van der Waals surface area contributed by atoms with Gasteiger partial charge in [-0.25, -0.2) is 9.97 Å². The van der Waals surface area contributed by atoms with Gasteiger partial charge in [0.15, 0.2) is 0 Å². The number of carbonyl (C=O) groups is 3. The number of rotatable bonds is 4. The molecule has 11 nitrogen and oxygen atoms in total. The summed E-state index contributed by atoms with van der Waals surface area (Å²) in [5.74, 6) is 1.61. The fourth-order valence-electron chi connectivity index (χ4n) is 6.51. The molecular formula is C35H42N6O5. The Morgan fingerprint density at radius 2 is 1.72 bits per heavy atom. The summed E-state index contributed by atoms with van der Waals surface area (Å²) >= 11 is 0.